The second-order valence-electron chi connectivity index (χ2n) is 5.26. The smallest absolute Gasteiger partial charge is 0.242 e. The standard InChI is InChI=1S/C17H16BrNO/c1-17(11-12-18)14-9-5-6-10-15(14)19(16(17)20)13-7-3-2-4-8-13/h2-10H,11-12H2,1H3/t17-/m0/s1. The number of carbonyl (C=O) groups is 1. The summed E-state index contributed by atoms with van der Waals surface area (Å²) in [4.78, 5) is 14.8. The first kappa shape index (κ1) is 13.4. The van der Waals surface area contributed by atoms with Crippen molar-refractivity contribution >= 4 is 33.2 Å². The van der Waals surface area contributed by atoms with Crippen molar-refractivity contribution < 1.29 is 4.79 Å². The lowest BCUT2D eigenvalue weighted by molar-refractivity contribution is -0.122. The van der Waals surface area contributed by atoms with Gasteiger partial charge in [0.05, 0.1) is 11.1 Å². The van der Waals surface area contributed by atoms with Gasteiger partial charge in [0.25, 0.3) is 0 Å². The molecule has 1 heterocycles. The normalized spacial score (nSPS) is 21.1. The average Bonchev–Trinajstić information content (AvgIpc) is 2.70. The number of hydrogen-bond donors (Lipinski definition) is 0. The van der Waals surface area contributed by atoms with Crippen molar-refractivity contribution in [3.63, 3.8) is 0 Å². The third-order valence-corrected chi connectivity index (χ3v) is 4.42. The van der Waals surface area contributed by atoms with Gasteiger partial charge in [-0.15, -0.1) is 0 Å². The fraction of sp³-hybridized carbons (Fsp3) is 0.235. The van der Waals surface area contributed by atoms with Crippen LogP contribution in [0.15, 0.2) is 54.6 Å². The van der Waals surface area contributed by atoms with Gasteiger partial charge in [-0.25, -0.2) is 0 Å². The lowest BCUT2D eigenvalue weighted by Gasteiger charge is -2.23. The van der Waals surface area contributed by atoms with Crippen molar-refractivity contribution in [1.82, 2.24) is 0 Å². The maximum atomic E-state index is 13.0. The van der Waals surface area contributed by atoms with Gasteiger partial charge in [-0.3, -0.25) is 9.69 Å². The molecule has 20 heavy (non-hydrogen) atoms. The molecule has 0 aromatic heterocycles. The van der Waals surface area contributed by atoms with Crippen LogP contribution in [0.3, 0.4) is 0 Å². The monoisotopic (exact) mass is 329 g/mol. The van der Waals surface area contributed by atoms with Crippen molar-refractivity contribution in [1.29, 1.82) is 0 Å². The second kappa shape index (κ2) is 5.06. The molecule has 2 nitrogen and oxygen atoms in total. The van der Waals surface area contributed by atoms with Gasteiger partial charge in [0.15, 0.2) is 0 Å². The van der Waals surface area contributed by atoms with Crippen molar-refractivity contribution in [2.24, 2.45) is 0 Å². The number of rotatable bonds is 3. The van der Waals surface area contributed by atoms with E-state index in [1.807, 2.05) is 60.4 Å². The Morgan fingerprint density at radius 1 is 1.05 bits per heavy atom. The zero-order chi connectivity index (χ0) is 14.2. The van der Waals surface area contributed by atoms with Gasteiger partial charge < -0.3 is 0 Å². The third-order valence-electron chi connectivity index (χ3n) is 4.02. The van der Waals surface area contributed by atoms with Crippen molar-refractivity contribution in [2.75, 3.05) is 10.2 Å². The molecule has 3 rings (SSSR count). The van der Waals surface area contributed by atoms with E-state index in [4.69, 9.17) is 0 Å². The van der Waals surface area contributed by atoms with E-state index in [0.717, 1.165) is 28.7 Å². The maximum Gasteiger partial charge on any atom is 0.242 e. The summed E-state index contributed by atoms with van der Waals surface area (Å²) in [6.45, 7) is 2.04. The van der Waals surface area contributed by atoms with E-state index < -0.39 is 5.41 Å². The molecule has 0 radical (unpaired) electrons. The van der Waals surface area contributed by atoms with Crippen LogP contribution in [0.4, 0.5) is 11.4 Å². The van der Waals surface area contributed by atoms with Crippen molar-refractivity contribution in [3.05, 3.63) is 60.2 Å². The molecular weight excluding hydrogens is 314 g/mol. The number of fused-ring (bicyclic) bond motifs is 1. The highest BCUT2D eigenvalue weighted by molar-refractivity contribution is 9.09. The predicted molar refractivity (Wildman–Crippen MR) is 85.8 cm³/mol. The molecule has 1 aliphatic heterocycles. The third kappa shape index (κ3) is 1.88. The zero-order valence-corrected chi connectivity index (χ0v) is 12.9. The van der Waals surface area contributed by atoms with E-state index in [1.165, 1.54) is 0 Å². The molecule has 0 fully saturated rings. The summed E-state index contributed by atoms with van der Waals surface area (Å²) in [6.07, 6.45) is 0.798. The summed E-state index contributed by atoms with van der Waals surface area (Å²) in [7, 11) is 0. The Labute approximate surface area is 127 Å². The highest BCUT2D eigenvalue weighted by atomic mass is 79.9. The SMILES string of the molecule is C[C@@]1(CCBr)C(=O)N(c2ccccc2)c2ccccc21. The number of benzene rings is 2. The number of amides is 1. The number of anilines is 2. The Kier molecular flexibility index (Phi) is 3.38. The van der Waals surface area contributed by atoms with Crippen molar-refractivity contribution in [2.45, 2.75) is 18.8 Å². The predicted octanol–water partition coefficient (Wildman–Crippen LogP) is 4.41. The molecule has 1 amide bonds. The molecule has 0 unspecified atom stereocenters. The van der Waals surface area contributed by atoms with Crippen LogP contribution in [-0.2, 0) is 10.2 Å². The van der Waals surface area contributed by atoms with Gasteiger partial charge in [0, 0.05) is 11.0 Å². The minimum atomic E-state index is -0.448. The highest BCUT2D eigenvalue weighted by Crippen LogP contribution is 2.47. The van der Waals surface area contributed by atoms with Crippen LogP contribution in [0.25, 0.3) is 0 Å². The Balaban J connectivity index is 2.17. The molecule has 0 saturated heterocycles. The Morgan fingerprint density at radius 3 is 2.40 bits per heavy atom. The Hall–Kier alpha value is -1.61. The van der Waals surface area contributed by atoms with E-state index in [2.05, 4.69) is 22.0 Å². The molecule has 2 aromatic rings. The first-order chi connectivity index (χ1) is 9.68. The fourth-order valence-electron chi connectivity index (χ4n) is 2.87. The second-order valence-corrected chi connectivity index (χ2v) is 6.06. The van der Waals surface area contributed by atoms with E-state index in [-0.39, 0.29) is 5.91 Å². The minimum Gasteiger partial charge on any atom is -0.280 e. The molecule has 1 aliphatic rings. The Bertz CT molecular complexity index is 640. The average molecular weight is 330 g/mol. The van der Waals surface area contributed by atoms with E-state index in [1.54, 1.807) is 0 Å². The quantitative estimate of drug-likeness (QED) is 0.764. The molecule has 102 valence electrons. The number of nitrogens with zero attached hydrogens (tertiary/aromatic N) is 1. The van der Waals surface area contributed by atoms with Crippen LogP contribution in [0.5, 0.6) is 0 Å². The van der Waals surface area contributed by atoms with Gasteiger partial charge in [-0.1, -0.05) is 52.3 Å². The van der Waals surface area contributed by atoms with Crippen LogP contribution in [0, 0.1) is 0 Å². The molecule has 2 aromatic carbocycles. The summed E-state index contributed by atoms with van der Waals surface area (Å²) in [6, 6.07) is 17.9. The number of alkyl halides is 1. The molecule has 0 aliphatic carbocycles. The topological polar surface area (TPSA) is 20.3 Å². The molecule has 0 bridgehead atoms. The largest absolute Gasteiger partial charge is 0.280 e. The first-order valence-electron chi connectivity index (χ1n) is 6.73. The minimum absolute atomic E-state index is 0.157. The van der Waals surface area contributed by atoms with Crippen LogP contribution < -0.4 is 4.90 Å². The molecule has 0 N–H and O–H groups in total. The fourth-order valence-corrected chi connectivity index (χ4v) is 3.66. The number of halogens is 1. The number of hydrogen-bond acceptors (Lipinski definition) is 1. The maximum absolute atomic E-state index is 13.0. The molecule has 3 heteroatoms. The molecule has 0 spiro atoms. The van der Waals surface area contributed by atoms with Crippen molar-refractivity contribution in [3.8, 4) is 0 Å². The van der Waals surface area contributed by atoms with E-state index >= 15 is 0 Å². The van der Waals surface area contributed by atoms with Crippen LogP contribution in [-0.4, -0.2) is 11.2 Å². The Morgan fingerprint density at radius 2 is 1.70 bits per heavy atom. The summed E-state index contributed by atoms with van der Waals surface area (Å²) >= 11 is 3.48. The lowest BCUT2D eigenvalue weighted by atomic mass is 9.81. The summed E-state index contributed by atoms with van der Waals surface area (Å²) < 4.78 is 0. The van der Waals surface area contributed by atoms with Gasteiger partial charge in [0.1, 0.15) is 0 Å². The van der Waals surface area contributed by atoms with E-state index in [9.17, 15) is 4.79 Å². The van der Waals surface area contributed by atoms with Crippen LogP contribution in [0.1, 0.15) is 18.9 Å². The summed E-state index contributed by atoms with van der Waals surface area (Å²) in [5.74, 6) is 0.157. The van der Waals surface area contributed by atoms with Gasteiger partial charge in [-0.05, 0) is 37.1 Å². The van der Waals surface area contributed by atoms with E-state index in [0.29, 0.717) is 0 Å². The van der Waals surface area contributed by atoms with Gasteiger partial charge >= 0.3 is 0 Å². The molecule has 0 saturated carbocycles. The van der Waals surface area contributed by atoms with Gasteiger partial charge in [-0.2, -0.15) is 0 Å². The number of carbonyl (C=O) groups excluding carboxylic acids is 1. The first-order valence-corrected chi connectivity index (χ1v) is 7.86. The lowest BCUT2D eigenvalue weighted by Crippen LogP contribution is -2.36. The number of para-hydroxylation sites is 2. The highest BCUT2D eigenvalue weighted by Gasteiger charge is 2.47. The van der Waals surface area contributed by atoms with Crippen LogP contribution >= 0.6 is 15.9 Å². The van der Waals surface area contributed by atoms with Gasteiger partial charge in [0.2, 0.25) is 5.91 Å². The van der Waals surface area contributed by atoms with Crippen LogP contribution in [0.2, 0.25) is 0 Å². The summed E-state index contributed by atoms with van der Waals surface area (Å²) in [5.41, 5.74) is 2.61. The molecular formula is C17H16BrNO. The molecule has 1 atom stereocenters. The summed E-state index contributed by atoms with van der Waals surface area (Å²) in [5, 5.41) is 0.812. The zero-order valence-electron chi connectivity index (χ0n) is 11.3.